The number of hydrogen-bond donors (Lipinski definition) is 2. The molecule has 0 aromatic heterocycles. The molecule has 0 amide bonds. The smallest absolute Gasteiger partial charge is 0.161 e. The van der Waals surface area contributed by atoms with Crippen LogP contribution < -0.4 is 14.8 Å². The van der Waals surface area contributed by atoms with Crippen molar-refractivity contribution >= 4 is 0 Å². The minimum Gasteiger partial charge on any atom is -0.493 e. The Morgan fingerprint density at radius 2 is 1.97 bits per heavy atom. The van der Waals surface area contributed by atoms with Crippen molar-refractivity contribution in [2.45, 2.75) is 19.1 Å². The topological polar surface area (TPSA) is 63.2 Å². The summed E-state index contributed by atoms with van der Waals surface area (Å²) in [4.78, 5) is 2.17. The maximum absolute atomic E-state index is 13.2. The molecule has 1 heterocycles. The molecule has 0 bridgehead atoms. The summed E-state index contributed by atoms with van der Waals surface area (Å²) in [5, 5.41) is 13.6. The first kappa shape index (κ1) is 22.5. The highest BCUT2D eigenvalue weighted by molar-refractivity contribution is 5.43. The zero-order chi connectivity index (χ0) is 21.2. The number of nitrogens with zero attached hydrogens (tertiary/aromatic N) is 1. The van der Waals surface area contributed by atoms with Crippen LogP contribution in [-0.4, -0.2) is 69.2 Å². The van der Waals surface area contributed by atoms with E-state index in [2.05, 4.69) is 10.2 Å². The molecule has 3 rings (SSSR count). The number of benzene rings is 2. The average Bonchev–Trinajstić information content (AvgIpc) is 2.76. The third kappa shape index (κ3) is 7.25. The van der Waals surface area contributed by atoms with E-state index < -0.39 is 6.10 Å². The first-order valence-electron chi connectivity index (χ1n) is 10.4. The van der Waals surface area contributed by atoms with Gasteiger partial charge in [-0.15, -0.1) is 0 Å². The molecule has 30 heavy (non-hydrogen) atoms. The Bertz CT molecular complexity index is 784. The fourth-order valence-electron chi connectivity index (χ4n) is 3.42. The summed E-state index contributed by atoms with van der Waals surface area (Å²) >= 11 is 0. The van der Waals surface area contributed by atoms with Crippen LogP contribution in [0.1, 0.15) is 11.1 Å². The molecule has 1 saturated heterocycles. The van der Waals surface area contributed by atoms with Gasteiger partial charge in [0, 0.05) is 26.2 Å². The van der Waals surface area contributed by atoms with Crippen LogP contribution in [0.3, 0.4) is 0 Å². The van der Waals surface area contributed by atoms with Crippen LogP contribution in [0.4, 0.5) is 4.39 Å². The average molecular weight is 419 g/mol. The van der Waals surface area contributed by atoms with Gasteiger partial charge in [0.15, 0.2) is 11.5 Å². The minimum absolute atomic E-state index is 0.206. The van der Waals surface area contributed by atoms with Crippen molar-refractivity contribution in [1.82, 2.24) is 10.2 Å². The third-order valence-electron chi connectivity index (χ3n) is 5.04. The van der Waals surface area contributed by atoms with E-state index >= 15 is 0 Å². The molecule has 1 aliphatic rings. The lowest BCUT2D eigenvalue weighted by Crippen LogP contribution is -2.42. The van der Waals surface area contributed by atoms with E-state index in [9.17, 15) is 9.50 Å². The third-order valence-corrected chi connectivity index (χ3v) is 5.04. The summed E-state index contributed by atoms with van der Waals surface area (Å²) in [5.74, 6) is 1.04. The van der Waals surface area contributed by atoms with Crippen molar-refractivity contribution in [3.63, 3.8) is 0 Å². The van der Waals surface area contributed by atoms with Gasteiger partial charge < -0.3 is 24.6 Å². The first-order valence-corrected chi connectivity index (χ1v) is 10.4. The number of aliphatic hydroxyl groups is 1. The number of rotatable bonds is 11. The molecule has 0 spiro atoms. The monoisotopic (exact) mass is 418 g/mol. The van der Waals surface area contributed by atoms with Gasteiger partial charge in [-0.2, -0.15) is 0 Å². The molecule has 1 atom stereocenters. The predicted octanol–water partition coefficient (Wildman–Crippen LogP) is 2.24. The van der Waals surface area contributed by atoms with Crippen LogP contribution in [0.25, 0.3) is 0 Å². The van der Waals surface area contributed by atoms with Gasteiger partial charge in [-0.3, -0.25) is 4.90 Å². The van der Waals surface area contributed by atoms with Crippen molar-refractivity contribution in [2.75, 3.05) is 53.1 Å². The molecule has 0 aliphatic carbocycles. The summed E-state index contributed by atoms with van der Waals surface area (Å²) in [6, 6.07) is 12.4. The van der Waals surface area contributed by atoms with E-state index in [1.165, 1.54) is 6.07 Å². The summed E-state index contributed by atoms with van der Waals surface area (Å²) in [7, 11) is 1.60. The summed E-state index contributed by atoms with van der Waals surface area (Å²) < 4.78 is 29.8. The number of morpholine rings is 1. The molecule has 2 N–H and O–H groups in total. The highest BCUT2D eigenvalue weighted by Gasteiger charge is 2.16. The lowest BCUT2D eigenvalue weighted by atomic mass is 10.1. The van der Waals surface area contributed by atoms with Crippen LogP contribution in [0.5, 0.6) is 11.5 Å². The second-order valence-electron chi connectivity index (χ2n) is 7.42. The number of halogens is 1. The van der Waals surface area contributed by atoms with Crippen LogP contribution in [0.15, 0.2) is 42.5 Å². The molecule has 0 radical (unpaired) electrons. The summed E-state index contributed by atoms with van der Waals surface area (Å²) in [6.45, 7) is 5.28. The van der Waals surface area contributed by atoms with E-state index in [1.54, 1.807) is 19.2 Å². The Morgan fingerprint density at radius 1 is 1.13 bits per heavy atom. The Kier molecular flexibility index (Phi) is 8.89. The lowest BCUT2D eigenvalue weighted by Gasteiger charge is -2.28. The number of ether oxygens (including phenoxy) is 3. The maximum atomic E-state index is 13.2. The van der Waals surface area contributed by atoms with Gasteiger partial charge in [-0.05, 0) is 48.4 Å². The number of β-amino-alcohol motifs (C(OH)–C–C–N with tert-alkyl or cyclic N) is 1. The van der Waals surface area contributed by atoms with E-state index in [4.69, 9.17) is 14.2 Å². The maximum Gasteiger partial charge on any atom is 0.161 e. The van der Waals surface area contributed by atoms with E-state index in [1.807, 2.05) is 24.3 Å². The standard InChI is InChI=1S/C23H31FN2O4/c1-28-23-14-19(15-25-8-7-18-3-2-4-20(24)13-18)5-6-22(23)30-17-21(27)16-26-9-11-29-12-10-26/h2-6,13-14,21,25,27H,7-12,15-17H2,1H3/t21-/m0/s1. The normalized spacial score (nSPS) is 15.7. The number of nitrogens with one attached hydrogen (secondary N) is 1. The number of aliphatic hydroxyl groups excluding tert-OH is 1. The molecule has 0 saturated carbocycles. The van der Waals surface area contributed by atoms with Gasteiger partial charge in [0.25, 0.3) is 0 Å². The van der Waals surface area contributed by atoms with Gasteiger partial charge in [0.1, 0.15) is 18.5 Å². The van der Waals surface area contributed by atoms with Gasteiger partial charge in [0.05, 0.1) is 20.3 Å². The van der Waals surface area contributed by atoms with Crippen LogP contribution in [0, 0.1) is 5.82 Å². The van der Waals surface area contributed by atoms with Gasteiger partial charge in [-0.1, -0.05) is 18.2 Å². The van der Waals surface area contributed by atoms with E-state index in [-0.39, 0.29) is 12.4 Å². The van der Waals surface area contributed by atoms with Crippen molar-refractivity contribution in [3.8, 4) is 11.5 Å². The molecular formula is C23H31FN2O4. The SMILES string of the molecule is COc1cc(CNCCc2cccc(F)c2)ccc1OC[C@@H](O)CN1CCOCC1. The number of methoxy groups -OCH3 is 1. The van der Waals surface area contributed by atoms with E-state index in [0.717, 1.165) is 37.2 Å². The van der Waals surface area contributed by atoms with Crippen molar-refractivity contribution in [1.29, 1.82) is 0 Å². The molecule has 0 unspecified atom stereocenters. The first-order chi connectivity index (χ1) is 14.6. The lowest BCUT2D eigenvalue weighted by molar-refractivity contribution is 0.00445. The van der Waals surface area contributed by atoms with Gasteiger partial charge >= 0.3 is 0 Å². The van der Waals surface area contributed by atoms with Crippen molar-refractivity contribution in [3.05, 3.63) is 59.4 Å². The highest BCUT2D eigenvalue weighted by Crippen LogP contribution is 2.28. The van der Waals surface area contributed by atoms with Gasteiger partial charge in [-0.25, -0.2) is 4.39 Å². The molecule has 6 nitrogen and oxygen atoms in total. The zero-order valence-corrected chi connectivity index (χ0v) is 17.5. The molecular weight excluding hydrogens is 387 g/mol. The summed E-state index contributed by atoms with van der Waals surface area (Å²) in [6.07, 6.45) is 0.189. The molecule has 164 valence electrons. The van der Waals surface area contributed by atoms with E-state index in [0.29, 0.717) is 37.8 Å². The molecule has 7 heteroatoms. The van der Waals surface area contributed by atoms with Crippen LogP contribution in [-0.2, 0) is 17.7 Å². The molecule has 2 aromatic carbocycles. The Morgan fingerprint density at radius 3 is 2.73 bits per heavy atom. The van der Waals surface area contributed by atoms with Crippen molar-refractivity contribution in [2.24, 2.45) is 0 Å². The Balaban J connectivity index is 1.43. The fourth-order valence-corrected chi connectivity index (χ4v) is 3.42. The minimum atomic E-state index is -0.572. The zero-order valence-electron chi connectivity index (χ0n) is 17.5. The number of hydrogen-bond acceptors (Lipinski definition) is 6. The van der Waals surface area contributed by atoms with Gasteiger partial charge in [0.2, 0.25) is 0 Å². The predicted molar refractivity (Wildman–Crippen MR) is 114 cm³/mol. The molecule has 1 aliphatic heterocycles. The summed E-state index contributed by atoms with van der Waals surface area (Å²) in [5.41, 5.74) is 2.03. The Labute approximate surface area is 177 Å². The second kappa shape index (κ2) is 11.9. The fraction of sp³-hybridized carbons (Fsp3) is 0.478. The molecule has 2 aromatic rings. The largest absolute Gasteiger partial charge is 0.493 e. The second-order valence-corrected chi connectivity index (χ2v) is 7.42. The molecule has 1 fully saturated rings. The van der Waals surface area contributed by atoms with Crippen LogP contribution in [0.2, 0.25) is 0 Å². The van der Waals surface area contributed by atoms with Crippen molar-refractivity contribution < 1.29 is 23.7 Å². The quantitative estimate of drug-likeness (QED) is 0.546. The van der Waals surface area contributed by atoms with Crippen LogP contribution >= 0.6 is 0 Å². The Hall–Kier alpha value is -2.19. The highest BCUT2D eigenvalue weighted by atomic mass is 19.1.